The molecule has 0 unspecified atom stereocenters. The molecule has 0 aliphatic rings. The Hall–Kier alpha value is -2.27. The van der Waals surface area contributed by atoms with Gasteiger partial charge in [-0.2, -0.15) is 0 Å². The summed E-state index contributed by atoms with van der Waals surface area (Å²) < 4.78 is 2.85. The first kappa shape index (κ1) is 12.7. The normalized spacial score (nSPS) is 11.2. The van der Waals surface area contributed by atoms with Crippen LogP contribution in [0, 0.1) is 6.92 Å². The fourth-order valence-corrected chi connectivity index (χ4v) is 2.61. The van der Waals surface area contributed by atoms with E-state index in [1.54, 1.807) is 38.2 Å². The van der Waals surface area contributed by atoms with Crippen LogP contribution in [0.15, 0.2) is 39.9 Å². The molecule has 0 aliphatic carbocycles. The third-order valence-electron chi connectivity index (χ3n) is 3.33. The highest BCUT2D eigenvalue weighted by Crippen LogP contribution is 2.18. The van der Waals surface area contributed by atoms with Crippen molar-refractivity contribution in [3.05, 3.63) is 61.8 Å². The number of aryl methyl sites for hydroxylation is 2. The van der Waals surface area contributed by atoms with Crippen LogP contribution in [0.5, 0.6) is 0 Å². The number of benzene rings is 1. The number of fused-ring (bicyclic) bond motifs is 1. The summed E-state index contributed by atoms with van der Waals surface area (Å²) >= 11 is 5.97. The van der Waals surface area contributed by atoms with E-state index in [0.29, 0.717) is 27.3 Å². The molecule has 3 rings (SSSR count). The molecule has 0 bridgehead atoms. The molecule has 0 radical (unpaired) electrons. The molecule has 102 valence electrons. The summed E-state index contributed by atoms with van der Waals surface area (Å²) in [4.78, 5) is 24.4. The van der Waals surface area contributed by atoms with E-state index in [9.17, 15) is 9.59 Å². The number of aromatic amines is 1. The van der Waals surface area contributed by atoms with Gasteiger partial charge in [-0.1, -0.05) is 17.7 Å². The Bertz CT molecular complexity index is 934. The maximum Gasteiger partial charge on any atom is 0.275 e. The van der Waals surface area contributed by atoms with Crippen LogP contribution in [0.4, 0.5) is 0 Å². The van der Waals surface area contributed by atoms with Crippen LogP contribution in [-0.2, 0) is 7.05 Å². The van der Waals surface area contributed by atoms with Crippen molar-refractivity contribution in [1.82, 2.24) is 14.3 Å². The van der Waals surface area contributed by atoms with Gasteiger partial charge in [-0.15, -0.1) is 0 Å². The molecule has 20 heavy (non-hydrogen) atoms. The predicted octanol–water partition coefficient (Wildman–Crippen LogP) is 1.98. The smallest absolute Gasteiger partial charge is 0.275 e. The molecule has 1 N–H and O–H groups in total. The molecule has 0 fully saturated rings. The fourth-order valence-electron chi connectivity index (χ4n) is 2.43. The van der Waals surface area contributed by atoms with Crippen molar-refractivity contribution in [2.24, 2.45) is 7.05 Å². The maximum atomic E-state index is 12.3. The third-order valence-corrected chi connectivity index (χ3v) is 3.56. The number of hydrogen-bond donors (Lipinski definition) is 1. The summed E-state index contributed by atoms with van der Waals surface area (Å²) in [6.45, 7) is 1.75. The highest BCUT2D eigenvalue weighted by molar-refractivity contribution is 6.30. The SMILES string of the molecule is Cc1c2c(=O)n(C)[nH]c2cc(=O)n1-c1cccc(Cl)c1. The zero-order chi connectivity index (χ0) is 14.4. The van der Waals surface area contributed by atoms with Gasteiger partial charge in [-0.05, 0) is 25.1 Å². The van der Waals surface area contributed by atoms with Crippen LogP contribution in [0.25, 0.3) is 16.6 Å². The van der Waals surface area contributed by atoms with Gasteiger partial charge < -0.3 is 0 Å². The molecule has 6 heteroatoms. The summed E-state index contributed by atoms with van der Waals surface area (Å²) in [5.74, 6) is 0. The van der Waals surface area contributed by atoms with Gasteiger partial charge in [0.2, 0.25) is 0 Å². The molecule has 0 saturated heterocycles. The molecule has 5 nitrogen and oxygen atoms in total. The lowest BCUT2D eigenvalue weighted by atomic mass is 10.2. The zero-order valence-corrected chi connectivity index (χ0v) is 11.7. The van der Waals surface area contributed by atoms with Crippen molar-refractivity contribution in [3.8, 4) is 5.69 Å². The molecular formula is C14H12ClN3O2. The highest BCUT2D eigenvalue weighted by atomic mass is 35.5. The largest absolute Gasteiger partial charge is 0.295 e. The van der Waals surface area contributed by atoms with E-state index in [1.165, 1.54) is 15.3 Å². The second-order valence-electron chi connectivity index (χ2n) is 4.65. The van der Waals surface area contributed by atoms with Crippen molar-refractivity contribution < 1.29 is 0 Å². The molecule has 3 aromatic rings. The number of pyridine rings is 1. The Labute approximate surface area is 119 Å². The molecule has 0 atom stereocenters. The van der Waals surface area contributed by atoms with Crippen LogP contribution in [0.1, 0.15) is 5.69 Å². The van der Waals surface area contributed by atoms with Gasteiger partial charge >= 0.3 is 0 Å². The van der Waals surface area contributed by atoms with Gasteiger partial charge in [0.05, 0.1) is 16.6 Å². The summed E-state index contributed by atoms with van der Waals surface area (Å²) in [6.07, 6.45) is 0. The number of halogens is 1. The minimum absolute atomic E-state index is 0.159. The van der Waals surface area contributed by atoms with Crippen molar-refractivity contribution >= 4 is 22.5 Å². The molecule has 1 aromatic carbocycles. The van der Waals surface area contributed by atoms with Crippen LogP contribution >= 0.6 is 11.6 Å². The summed E-state index contributed by atoms with van der Waals surface area (Å²) in [7, 11) is 1.62. The van der Waals surface area contributed by atoms with E-state index < -0.39 is 0 Å². The van der Waals surface area contributed by atoms with Gasteiger partial charge in [0, 0.05) is 23.8 Å². The Morgan fingerprint density at radius 2 is 1.95 bits per heavy atom. The monoisotopic (exact) mass is 289 g/mol. The second kappa shape index (κ2) is 4.38. The van der Waals surface area contributed by atoms with Gasteiger partial charge in [0.15, 0.2) is 0 Å². The third kappa shape index (κ3) is 1.78. The lowest BCUT2D eigenvalue weighted by Gasteiger charge is -2.10. The van der Waals surface area contributed by atoms with Gasteiger partial charge in [0.25, 0.3) is 11.1 Å². The zero-order valence-electron chi connectivity index (χ0n) is 11.0. The lowest BCUT2D eigenvalue weighted by molar-refractivity contribution is 0.751. The first-order chi connectivity index (χ1) is 9.49. The molecule has 0 saturated carbocycles. The number of rotatable bonds is 1. The lowest BCUT2D eigenvalue weighted by Crippen LogP contribution is -2.21. The van der Waals surface area contributed by atoms with E-state index >= 15 is 0 Å². The average molecular weight is 290 g/mol. The van der Waals surface area contributed by atoms with Crippen LogP contribution in [-0.4, -0.2) is 14.3 Å². The number of nitrogens with one attached hydrogen (secondary N) is 1. The summed E-state index contributed by atoms with van der Waals surface area (Å²) in [5, 5.41) is 3.91. The maximum absolute atomic E-state index is 12.3. The van der Waals surface area contributed by atoms with E-state index in [-0.39, 0.29) is 11.1 Å². The Morgan fingerprint density at radius 3 is 2.65 bits per heavy atom. The van der Waals surface area contributed by atoms with Crippen LogP contribution < -0.4 is 11.1 Å². The number of aromatic nitrogens is 3. The molecule has 0 spiro atoms. The van der Waals surface area contributed by atoms with Crippen molar-refractivity contribution in [3.63, 3.8) is 0 Å². The minimum Gasteiger partial charge on any atom is -0.295 e. The van der Waals surface area contributed by atoms with E-state index in [4.69, 9.17) is 11.6 Å². The van der Waals surface area contributed by atoms with Crippen molar-refractivity contribution in [2.45, 2.75) is 6.92 Å². The fraction of sp³-hybridized carbons (Fsp3) is 0.143. The summed E-state index contributed by atoms with van der Waals surface area (Å²) in [5.41, 5.74) is 1.41. The van der Waals surface area contributed by atoms with Gasteiger partial charge in [-0.3, -0.25) is 23.9 Å². The number of hydrogen-bond acceptors (Lipinski definition) is 2. The van der Waals surface area contributed by atoms with Crippen LogP contribution in [0.2, 0.25) is 5.02 Å². The highest BCUT2D eigenvalue weighted by Gasteiger charge is 2.13. The first-order valence-electron chi connectivity index (χ1n) is 6.06. The molecule has 0 amide bonds. The summed E-state index contributed by atoms with van der Waals surface area (Å²) in [6, 6.07) is 8.40. The van der Waals surface area contributed by atoms with Gasteiger partial charge in [0.1, 0.15) is 0 Å². The van der Waals surface area contributed by atoms with E-state index in [0.717, 1.165) is 0 Å². The van der Waals surface area contributed by atoms with Gasteiger partial charge in [-0.25, -0.2) is 0 Å². The Kier molecular flexibility index (Phi) is 2.79. The minimum atomic E-state index is -0.209. The standard InChI is InChI=1S/C14H12ClN3O2/c1-8-13-11(16-17(2)14(13)20)7-12(19)18(8)10-5-3-4-9(15)6-10/h3-7,16H,1-2H3. The Morgan fingerprint density at radius 1 is 1.20 bits per heavy atom. The molecule has 2 heterocycles. The van der Waals surface area contributed by atoms with E-state index in [1.807, 2.05) is 0 Å². The number of nitrogens with zero attached hydrogens (tertiary/aromatic N) is 2. The molecular weight excluding hydrogens is 278 g/mol. The average Bonchev–Trinajstić information content (AvgIpc) is 2.65. The molecule has 0 aliphatic heterocycles. The quantitative estimate of drug-likeness (QED) is 0.745. The second-order valence-corrected chi connectivity index (χ2v) is 5.08. The Balaban J connectivity index is 2.45. The van der Waals surface area contributed by atoms with E-state index in [2.05, 4.69) is 5.10 Å². The van der Waals surface area contributed by atoms with Crippen molar-refractivity contribution in [1.29, 1.82) is 0 Å². The molecule has 2 aromatic heterocycles. The number of H-pyrrole nitrogens is 1. The van der Waals surface area contributed by atoms with Crippen molar-refractivity contribution in [2.75, 3.05) is 0 Å². The topological polar surface area (TPSA) is 59.8 Å². The predicted molar refractivity (Wildman–Crippen MR) is 78.9 cm³/mol. The van der Waals surface area contributed by atoms with Crippen LogP contribution in [0.3, 0.4) is 0 Å². The first-order valence-corrected chi connectivity index (χ1v) is 6.44.